The first kappa shape index (κ1) is 23.1. The van der Waals surface area contributed by atoms with Gasteiger partial charge in [-0.3, -0.25) is 4.79 Å². The summed E-state index contributed by atoms with van der Waals surface area (Å²) in [5, 5.41) is 4.02. The number of halogens is 1. The third-order valence-corrected chi connectivity index (χ3v) is 6.51. The Morgan fingerprint density at radius 1 is 1.06 bits per heavy atom. The zero-order chi connectivity index (χ0) is 23.5. The Morgan fingerprint density at radius 3 is 2.36 bits per heavy atom. The lowest BCUT2D eigenvalue weighted by molar-refractivity contribution is -0.136. The largest absolute Gasteiger partial charge is 0.494 e. The van der Waals surface area contributed by atoms with Gasteiger partial charge in [-0.25, -0.2) is 4.79 Å². The first-order valence-electron chi connectivity index (χ1n) is 11.2. The maximum absolute atomic E-state index is 13.5. The number of allylic oxidation sites excluding steroid dienone is 3. The minimum absolute atomic E-state index is 0.0360. The number of nitrogens with one attached hydrogen (secondary N) is 1. The number of benzene rings is 2. The molecule has 0 radical (unpaired) electrons. The molecule has 2 aliphatic rings. The summed E-state index contributed by atoms with van der Waals surface area (Å²) in [5.41, 5.74) is 4.64. The van der Waals surface area contributed by atoms with Gasteiger partial charge in [0.1, 0.15) is 5.75 Å². The first-order chi connectivity index (χ1) is 15.9. The zero-order valence-corrected chi connectivity index (χ0v) is 19.9. The number of dihydropyridines is 1. The Bertz CT molecular complexity index is 1120. The lowest BCUT2D eigenvalue weighted by Crippen LogP contribution is -2.36. The second-order valence-corrected chi connectivity index (χ2v) is 8.91. The van der Waals surface area contributed by atoms with Gasteiger partial charge in [-0.1, -0.05) is 42.8 Å². The number of ether oxygens (including phenoxy) is 2. The van der Waals surface area contributed by atoms with Gasteiger partial charge in [0.2, 0.25) is 0 Å². The predicted octanol–water partition coefficient (Wildman–Crippen LogP) is 5.66. The molecule has 0 unspecified atom stereocenters. The molecule has 33 heavy (non-hydrogen) atoms. The average molecular weight is 466 g/mol. The maximum Gasteiger partial charge on any atom is 0.336 e. The summed E-state index contributed by atoms with van der Waals surface area (Å²) in [4.78, 5) is 26.3. The van der Waals surface area contributed by atoms with Crippen molar-refractivity contribution < 1.29 is 19.1 Å². The van der Waals surface area contributed by atoms with Crippen molar-refractivity contribution in [1.82, 2.24) is 5.32 Å². The molecule has 1 aliphatic heterocycles. The van der Waals surface area contributed by atoms with Crippen LogP contribution in [-0.2, 0) is 14.3 Å². The molecule has 0 aromatic heterocycles. The normalized spacial score (nSPS) is 20.3. The zero-order valence-electron chi connectivity index (χ0n) is 19.1. The molecule has 0 spiro atoms. The summed E-state index contributed by atoms with van der Waals surface area (Å²) in [7, 11) is 1.37. The molecule has 0 amide bonds. The predicted molar refractivity (Wildman–Crippen MR) is 128 cm³/mol. The van der Waals surface area contributed by atoms with Gasteiger partial charge in [-0.15, -0.1) is 0 Å². The fraction of sp³-hybridized carbons (Fsp3) is 0.333. The Kier molecular flexibility index (Phi) is 6.89. The number of Topliss-reactive ketones (excluding diaryl/α,β-unsaturated/α-hetero) is 1. The number of hydrogen-bond acceptors (Lipinski definition) is 5. The number of methoxy groups -OCH3 is 1. The highest BCUT2D eigenvalue weighted by Gasteiger charge is 2.41. The molecular formula is C27H28ClNO4. The second kappa shape index (κ2) is 9.84. The summed E-state index contributed by atoms with van der Waals surface area (Å²) < 4.78 is 10.8. The van der Waals surface area contributed by atoms with Crippen molar-refractivity contribution in [3.8, 4) is 5.75 Å². The Morgan fingerprint density at radius 2 is 1.73 bits per heavy atom. The van der Waals surface area contributed by atoms with Crippen molar-refractivity contribution in [3.05, 3.63) is 87.2 Å². The molecule has 0 fully saturated rings. The molecule has 0 bridgehead atoms. The monoisotopic (exact) mass is 465 g/mol. The molecule has 5 nitrogen and oxygen atoms in total. The van der Waals surface area contributed by atoms with E-state index in [1.807, 2.05) is 55.5 Å². The number of esters is 1. The Labute approximate surface area is 199 Å². The van der Waals surface area contributed by atoms with Crippen molar-refractivity contribution in [2.24, 2.45) is 0 Å². The lowest BCUT2D eigenvalue weighted by atomic mass is 9.72. The molecule has 1 aliphatic carbocycles. The van der Waals surface area contributed by atoms with Crippen LogP contribution in [0.3, 0.4) is 0 Å². The molecule has 0 saturated heterocycles. The minimum Gasteiger partial charge on any atom is -0.494 e. The van der Waals surface area contributed by atoms with Gasteiger partial charge >= 0.3 is 5.97 Å². The van der Waals surface area contributed by atoms with E-state index < -0.39 is 11.9 Å². The molecule has 1 heterocycles. The van der Waals surface area contributed by atoms with Crippen LogP contribution in [0.1, 0.15) is 56.1 Å². The van der Waals surface area contributed by atoms with Crippen LogP contribution >= 0.6 is 11.6 Å². The van der Waals surface area contributed by atoms with E-state index in [-0.39, 0.29) is 11.7 Å². The summed E-state index contributed by atoms with van der Waals surface area (Å²) in [6, 6.07) is 15.3. The van der Waals surface area contributed by atoms with Crippen LogP contribution in [0.15, 0.2) is 71.1 Å². The van der Waals surface area contributed by atoms with Gasteiger partial charge in [0.05, 0.1) is 19.3 Å². The Hall–Kier alpha value is -3.05. The van der Waals surface area contributed by atoms with Crippen molar-refractivity contribution in [1.29, 1.82) is 0 Å². The Balaban J connectivity index is 1.74. The summed E-state index contributed by atoms with van der Waals surface area (Å²) in [6.45, 7) is 4.55. The van der Waals surface area contributed by atoms with E-state index in [1.54, 1.807) is 0 Å². The highest BCUT2D eigenvalue weighted by atomic mass is 35.5. The molecule has 172 valence electrons. The van der Waals surface area contributed by atoms with E-state index in [4.69, 9.17) is 21.1 Å². The summed E-state index contributed by atoms with van der Waals surface area (Å²) in [5.74, 6) is -0.0576. The summed E-state index contributed by atoms with van der Waals surface area (Å²) in [6.07, 6.45) is 1.98. The van der Waals surface area contributed by atoms with E-state index in [9.17, 15) is 9.59 Å². The van der Waals surface area contributed by atoms with E-state index >= 15 is 0 Å². The molecule has 6 heteroatoms. The quantitative estimate of drug-likeness (QED) is 0.557. The molecule has 1 N–H and O–H groups in total. The van der Waals surface area contributed by atoms with Gasteiger partial charge in [-0.05, 0) is 61.1 Å². The smallest absolute Gasteiger partial charge is 0.336 e. The first-order valence-corrected chi connectivity index (χ1v) is 11.6. The third-order valence-electron chi connectivity index (χ3n) is 6.26. The van der Waals surface area contributed by atoms with Crippen LogP contribution < -0.4 is 10.1 Å². The van der Waals surface area contributed by atoms with Crippen LogP contribution in [0.5, 0.6) is 5.75 Å². The van der Waals surface area contributed by atoms with Gasteiger partial charge in [0.25, 0.3) is 0 Å². The van der Waals surface area contributed by atoms with Crippen LogP contribution in [-0.4, -0.2) is 25.5 Å². The van der Waals surface area contributed by atoms with Crippen LogP contribution in [0, 0.1) is 0 Å². The second-order valence-electron chi connectivity index (χ2n) is 8.48. The summed E-state index contributed by atoms with van der Waals surface area (Å²) >= 11 is 6.05. The number of carbonyl (C=O) groups excluding carboxylic acids is 2. The number of carbonyl (C=O) groups is 2. The van der Waals surface area contributed by atoms with Gasteiger partial charge in [-0.2, -0.15) is 0 Å². The van der Waals surface area contributed by atoms with E-state index in [0.29, 0.717) is 41.3 Å². The van der Waals surface area contributed by atoms with Crippen LogP contribution in [0.2, 0.25) is 5.02 Å². The third kappa shape index (κ3) is 4.69. The molecule has 2 aromatic carbocycles. The van der Waals surface area contributed by atoms with E-state index in [0.717, 1.165) is 29.0 Å². The highest BCUT2D eigenvalue weighted by molar-refractivity contribution is 6.30. The molecule has 0 saturated carbocycles. The van der Waals surface area contributed by atoms with Crippen molar-refractivity contribution >= 4 is 23.4 Å². The molecule has 4 rings (SSSR count). The van der Waals surface area contributed by atoms with E-state index in [1.165, 1.54) is 7.11 Å². The lowest BCUT2D eigenvalue weighted by Gasteiger charge is -2.36. The maximum atomic E-state index is 13.5. The average Bonchev–Trinajstić information content (AvgIpc) is 2.82. The van der Waals surface area contributed by atoms with Crippen molar-refractivity contribution in [3.63, 3.8) is 0 Å². The number of ketones is 1. The van der Waals surface area contributed by atoms with E-state index in [2.05, 4.69) is 12.2 Å². The fourth-order valence-corrected chi connectivity index (χ4v) is 4.83. The number of rotatable bonds is 6. The molecule has 2 aromatic rings. The van der Waals surface area contributed by atoms with Crippen LogP contribution in [0.4, 0.5) is 0 Å². The van der Waals surface area contributed by atoms with Crippen LogP contribution in [0.25, 0.3) is 0 Å². The van der Waals surface area contributed by atoms with Gasteiger partial charge in [0, 0.05) is 34.3 Å². The van der Waals surface area contributed by atoms with Gasteiger partial charge < -0.3 is 14.8 Å². The fourth-order valence-electron chi connectivity index (χ4n) is 4.70. The topological polar surface area (TPSA) is 64.6 Å². The van der Waals surface area contributed by atoms with Crippen molar-refractivity contribution in [2.75, 3.05) is 13.7 Å². The van der Waals surface area contributed by atoms with Gasteiger partial charge in [0.15, 0.2) is 5.78 Å². The standard InChI is InChI=1S/C27H28ClNO4/c1-4-13-33-21-11-7-18(8-12-21)25-24(27(31)32-3)16(2)29-22-14-19(15-23(30)26(22)25)17-5-9-20(28)10-6-17/h5-12,19,25,29H,4,13-15H2,1-3H3/t19-,25+/m0/s1. The minimum atomic E-state index is -0.479. The molecule has 2 atom stereocenters. The highest BCUT2D eigenvalue weighted by Crippen LogP contribution is 2.46. The molecular weight excluding hydrogens is 438 g/mol. The SMILES string of the molecule is CCCOc1ccc([C@@H]2C(C(=O)OC)=C(C)NC3=C2C(=O)C[C@@H](c2ccc(Cl)cc2)C3)cc1. The number of hydrogen-bond donors (Lipinski definition) is 1. The van der Waals surface area contributed by atoms with Crippen molar-refractivity contribution in [2.45, 2.75) is 44.9 Å².